The van der Waals surface area contributed by atoms with E-state index in [1.807, 2.05) is 0 Å². The molecule has 0 saturated heterocycles. The van der Waals surface area contributed by atoms with Gasteiger partial charge in [0, 0.05) is 10.7 Å². The molecule has 8 heteroatoms. The second-order valence-corrected chi connectivity index (χ2v) is 4.04. The van der Waals surface area contributed by atoms with E-state index in [9.17, 15) is 4.79 Å². The van der Waals surface area contributed by atoms with Crippen LogP contribution in [0.15, 0.2) is 21.3 Å². The molecule has 2 heterocycles. The summed E-state index contributed by atoms with van der Waals surface area (Å²) in [6.07, 6.45) is 1.45. The number of nitrogens with one attached hydrogen (secondary N) is 1. The summed E-state index contributed by atoms with van der Waals surface area (Å²) in [6, 6.07) is 1.48. The third-order valence-electron chi connectivity index (χ3n) is 1.87. The van der Waals surface area contributed by atoms with E-state index in [0.717, 1.165) is 0 Å². The van der Waals surface area contributed by atoms with Crippen LogP contribution in [0, 0.1) is 6.92 Å². The number of carbonyl (C=O) groups excluding carboxylic acids is 1. The van der Waals surface area contributed by atoms with E-state index in [1.54, 1.807) is 6.92 Å². The number of amides is 1. The van der Waals surface area contributed by atoms with Gasteiger partial charge in [0.15, 0.2) is 5.82 Å². The molecule has 1 amide bonds. The molecule has 17 heavy (non-hydrogen) atoms. The lowest BCUT2D eigenvalue weighted by atomic mass is 10.2. The number of nitrogen functional groups attached to an aromatic ring is 1. The van der Waals surface area contributed by atoms with Crippen LogP contribution in [0.5, 0.6) is 0 Å². The molecule has 7 nitrogen and oxygen atoms in total. The highest BCUT2D eigenvalue weighted by molar-refractivity contribution is 9.10. The maximum Gasteiger partial charge on any atom is 0.328 e. The molecular weight excluding hydrogens is 290 g/mol. The standard InChI is InChI=1S/C9H8BrN5O2/c1-4-13-9(17-15-4)14-8(16)5-2-7(11)12-3-6(5)10/h2-3H,1H3,(H2,11,12)(H,13,14,15,16). The summed E-state index contributed by atoms with van der Waals surface area (Å²) < 4.78 is 5.30. The van der Waals surface area contributed by atoms with Gasteiger partial charge in [0.05, 0.1) is 5.56 Å². The van der Waals surface area contributed by atoms with Crippen molar-refractivity contribution in [2.75, 3.05) is 11.1 Å². The monoisotopic (exact) mass is 297 g/mol. The Bertz CT molecular complexity index is 568. The van der Waals surface area contributed by atoms with Crippen molar-refractivity contribution in [1.29, 1.82) is 0 Å². The van der Waals surface area contributed by atoms with Crippen LogP contribution >= 0.6 is 15.9 Å². The number of hydrogen-bond acceptors (Lipinski definition) is 6. The zero-order valence-electron chi connectivity index (χ0n) is 8.77. The van der Waals surface area contributed by atoms with E-state index in [4.69, 9.17) is 10.3 Å². The Morgan fingerprint density at radius 1 is 1.59 bits per heavy atom. The van der Waals surface area contributed by atoms with E-state index >= 15 is 0 Å². The molecule has 0 aliphatic carbocycles. The van der Waals surface area contributed by atoms with E-state index in [-0.39, 0.29) is 11.8 Å². The maximum atomic E-state index is 11.8. The highest BCUT2D eigenvalue weighted by atomic mass is 79.9. The number of aromatic nitrogens is 3. The molecule has 0 fully saturated rings. The van der Waals surface area contributed by atoms with Crippen molar-refractivity contribution in [3.8, 4) is 0 Å². The third kappa shape index (κ3) is 2.59. The highest BCUT2D eigenvalue weighted by Crippen LogP contribution is 2.18. The molecule has 2 aromatic heterocycles. The van der Waals surface area contributed by atoms with E-state index < -0.39 is 5.91 Å². The number of aryl methyl sites for hydroxylation is 1. The van der Waals surface area contributed by atoms with Crippen LogP contribution in [0.1, 0.15) is 16.2 Å². The van der Waals surface area contributed by atoms with Gasteiger partial charge in [-0.1, -0.05) is 5.16 Å². The summed E-state index contributed by atoms with van der Waals surface area (Å²) in [5.74, 6) is 0.281. The van der Waals surface area contributed by atoms with Crippen LogP contribution in [0.25, 0.3) is 0 Å². The normalized spacial score (nSPS) is 10.2. The molecule has 0 aliphatic heterocycles. The van der Waals surface area contributed by atoms with Crippen LogP contribution in [-0.4, -0.2) is 21.0 Å². The minimum atomic E-state index is -0.408. The number of anilines is 2. The van der Waals surface area contributed by atoms with Crippen molar-refractivity contribution in [3.05, 3.63) is 28.1 Å². The Morgan fingerprint density at radius 2 is 2.35 bits per heavy atom. The molecule has 0 aliphatic rings. The van der Waals surface area contributed by atoms with E-state index in [1.165, 1.54) is 12.3 Å². The van der Waals surface area contributed by atoms with Gasteiger partial charge in [0.25, 0.3) is 5.91 Å². The fourth-order valence-corrected chi connectivity index (χ4v) is 1.54. The van der Waals surface area contributed by atoms with Gasteiger partial charge in [-0.15, -0.1) is 0 Å². The molecule has 3 N–H and O–H groups in total. The Balaban J connectivity index is 2.22. The topological polar surface area (TPSA) is 107 Å². The predicted octanol–water partition coefficient (Wildman–Crippen LogP) is 1.37. The summed E-state index contributed by atoms with van der Waals surface area (Å²) in [5.41, 5.74) is 5.84. The maximum absolute atomic E-state index is 11.8. The number of pyridine rings is 1. The van der Waals surface area contributed by atoms with Crippen molar-refractivity contribution in [1.82, 2.24) is 15.1 Å². The van der Waals surface area contributed by atoms with Crippen molar-refractivity contribution in [2.45, 2.75) is 6.92 Å². The summed E-state index contributed by atoms with van der Waals surface area (Å²) in [4.78, 5) is 19.5. The largest absolute Gasteiger partial charge is 0.384 e. The summed E-state index contributed by atoms with van der Waals surface area (Å²) in [7, 11) is 0. The molecular formula is C9H8BrN5O2. The van der Waals surface area contributed by atoms with Crippen LogP contribution in [0.4, 0.5) is 11.8 Å². The smallest absolute Gasteiger partial charge is 0.328 e. The summed E-state index contributed by atoms with van der Waals surface area (Å²) in [6.45, 7) is 1.65. The molecule has 0 aromatic carbocycles. The Morgan fingerprint density at radius 3 is 3.00 bits per heavy atom. The average Bonchev–Trinajstić information content (AvgIpc) is 2.67. The zero-order chi connectivity index (χ0) is 12.4. The molecule has 0 unspecified atom stereocenters. The summed E-state index contributed by atoms with van der Waals surface area (Å²) >= 11 is 3.20. The SMILES string of the molecule is Cc1noc(NC(=O)c2cc(N)ncc2Br)n1. The van der Waals surface area contributed by atoms with Gasteiger partial charge in [0.2, 0.25) is 0 Å². The minimum Gasteiger partial charge on any atom is -0.384 e. The fourth-order valence-electron chi connectivity index (χ4n) is 1.14. The summed E-state index contributed by atoms with van der Waals surface area (Å²) in [5, 5.41) is 6.01. The van der Waals surface area contributed by atoms with Gasteiger partial charge >= 0.3 is 6.01 Å². The number of rotatable bonds is 2. The Labute approximate surface area is 105 Å². The molecule has 0 radical (unpaired) electrons. The Kier molecular flexibility index (Phi) is 3.05. The van der Waals surface area contributed by atoms with Crippen molar-refractivity contribution >= 4 is 33.7 Å². The average molecular weight is 298 g/mol. The van der Waals surface area contributed by atoms with Gasteiger partial charge in [-0.25, -0.2) is 4.98 Å². The van der Waals surface area contributed by atoms with Gasteiger partial charge < -0.3 is 10.3 Å². The van der Waals surface area contributed by atoms with Crippen LogP contribution in [0.3, 0.4) is 0 Å². The first-order valence-corrected chi connectivity index (χ1v) is 5.38. The second-order valence-electron chi connectivity index (χ2n) is 3.19. The van der Waals surface area contributed by atoms with Gasteiger partial charge in [-0.3, -0.25) is 10.1 Å². The number of nitrogens with zero attached hydrogens (tertiary/aromatic N) is 3. The van der Waals surface area contributed by atoms with E-state index in [2.05, 4.69) is 36.4 Å². The first-order valence-electron chi connectivity index (χ1n) is 4.59. The molecule has 0 spiro atoms. The lowest BCUT2D eigenvalue weighted by molar-refractivity contribution is 0.102. The number of hydrogen-bond donors (Lipinski definition) is 2. The van der Waals surface area contributed by atoms with E-state index in [0.29, 0.717) is 15.9 Å². The highest BCUT2D eigenvalue weighted by Gasteiger charge is 2.14. The van der Waals surface area contributed by atoms with Crippen molar-refractivity contribution in [3.63, 3.8) is 0 Å². The second kappa shape index (κ2) is 4.50. The van der Waals surface area contributed by atoms with Crippen LogP contribution in [0.2, 0.25) is 0 Å². The van der Waals surface area contributed by atoms with Crippen LogP contribution in [-0.2, 0) is 0 Å². The first kappa shape index (κ1) is 11.5. The minimum absolute atomic E-state index is 0.0368. The first-order chi connectivity index (χ1) is 8.06. The van der Waals surface area contributed by atoms with Gasteiger partial charge in [-0.05, 0) is 28.9 Å². The van der Waals surface area contributed by atoms with Crippen LogP contribution < -0.4 is 11.1 Å². The number of halogens is 1. The molecule has 0 bridgehead atoms. The number of nitrogens with two attached hydrogens (primary N) is 1. The van der Waals surface area contributed by atoms with Gasteiger partial charge in [-0.2, -0.15) is 4.98 Å². The lowest BCUT2D eigenvalue weighted by Gasteiger charge is -2.03. The molecule has 2 aromatic rings. The molecule has 88 valence electrons. The zero-order valence-corrected chi connectivity index (χ0v) is 10.4. The van der Waals surface area contributed by atoms with Gasteiger partial charge in [0.1, 0.15) is 5.82 Å². The molecule has 0 saturated carbocycles. The third-order valence-corrected chi connectivity index (χ3v) is 2.50. The number of carbonyl (C=O) groups is 1. The predicted molar refractivity (Wildman–Crippen MR) is 63.3 cm³/mol. The molecule has 0 atom stereocenters. The molecule has 2 rings (SSSR count). The fraction of sp³-hybridized carbons (Fsp3) is 0.111. The quantitative estimate of drug-likeness (QED) is 0.867. The lowest BCUT2D eigenvalue weighted by Crippen LogP contribution is -2.13. The van der Waals surface area contributed by atoms with Crippen molar-refractivity contribution < 1.29 is 9.32 Å². The van der Waals surface area contributed by atoms with Crippen molar-refractivity contribution in [2.24, 2.45) is 0 Å². The Hall–Kier alpha value is -1.96.